The van der Waals surface area contributed by atoms with Crippen molar-refractivity contribution in [1.82, 2.24) is 9.66 Å². The number of nitro groups is 1. The fourth-order valence-electron chi connectivity index (χ4n) is 3.73. The number of hydrogen-bond donors (Lipinski definition) is 0. The molecule has 190 valence electrons. The molecule has 0 saturated carbocycles. The van der Waals surface area contributed by atoms with Crippen LogP contribution in [-0.4, -0.2) is 27.4 Å². The molecule has 37 heavy (non-hydrogen) atoms. The van der Waals surface area contributed by atoms with E-state index in [9.17, 15) is 14.9 Å². The summed E-state index contributed by atoms with van der Waals surface area (Å²) in [6.07, 6.45) is 1.85. The molecule has 0 atom stereocenters. The topological polar surface area (TPSA) is 109 Å². The third kappa shape index (κ3) is 5.86. The number of aromatic nitrogens is 2. The molecule has 0 saturated heterocycles. The van der Waals surface area contributed by atoms with Crippen molar-refractivity contribution >= 4 is 38.7 Å². The summed E-state index contributed by atoms with van der Waals surface area (Å²) in [6.45, 7) is 6.05. The maximum atomic E-state index is 13.2. The summed E-state index contributed by atoms with van der Waals surface area (Å²) in [7, 11) is 0. The van der Waals surface area contributed by atoms with Crippen molar-refractivity contribution in [2.75, 3.05) is 6.61 Å². The highest BCUT2D eigenvalue weighted by Gasteiger charge is 2.23. The first kappa shape index (κ1) is 26.0. The Hall–Kier alpha value is -4.05. The van der Waals surface area contributed by atoms with Gasteiger partial charge < -0.3 is 9.47 Å². The number of ether oxygens (including phenoxy) is 2. The van der Waals surface area contributed by atoms with E-state index in [0.717, 1.165) is 15.6 Å². The number of nitrogens with zero attached hydrogens (tertiary/aromatic N) is 4. The van der Waals surface area contributed by atoms with Gasteiger partial charge in [-0.25, -0.2) is 4.98 Å². The van der Waals surface area contributed by atoms with Crippen LogP contribution < -0.4 is 15.0 Å². The zero-order chi connectivity index (χ0) is 26.5. The summed E-state index contributed by atoms with van der Waals surface area (Å²) in [5, 5.41) is 16.7. The molecule has 0 fully saturated rings. The zero-order valence-electron chi connectivity index (χ0n) is 20.6. The number of rotatable bonds is 9. The van der Waals surface area contributed by atoms with Gasteiger partial charge in [-0.15, -0.1) is 0 Å². The van der Waals surface area contributed by atoms with E-state index in [2.05, 4.69) is 26.0 Å². The Morgan fingerprint density at radius 1 is 1.11 bits per heavy atom. The maximum Gasteiger partial charge on any atom is 0.315 e. The number of halogens is 1. The predicted octanol–water partition coefficient (Wildman–Crippen LogP) is 5.80. The van der Waals surface area contributed by atoms with Crippen LogP contribution in [0.2, 0.25) is 0 Å². The summed E-state index contributed by atoms with van der Waals surface area (Å²) in [5.41, 5.74) is 2.32. The lowest BCUT2D eigenvalue weighted by molar-refractivity contribution is -0.386. The summed E-state index contributed by atoms with van der Waals surface area (Å²) >= 11 is 3.38. The van der Waals surface area contributed by atoms with Crippen molar-refractivity contribution in [1.29, 1.82) is 0 Å². The van der Waals surface area contributed by atoms with Gasteiger partial charge in [-0.1, -0.05) is 52.7 Å². The molecule has 10 heteroatoms. The summed E-state index contributed by atoms with van der Waals surface area (Å²) in [5.74, 6) is 0.718. The molecular weight excluding hydrogens is 540 g/mol. The summed E-state index contributed by atoms with van der Waals surface area (Å²) in [6, 6.07) is 15.9. The van der Waals surface area contributed by atoms with Crippen molar-refractivity contribution in [3.05, 3.63) is 102 Å². The molecule has 0 amide bonds. The second kappa shape index (κ2) is 11.3. The van der Waals surface area contributed by atoms with Crippen LogP contribution in [0.15, 0.2) is 69.0 Å². The van der Waals surface area contributed by atoms with Gasteiger partial charge in [0.1, 0.15) is 12.4 Å². The lowest BCUT2D eigenvalue weighted by Crippen LogP contribution is -2.22. The fourth-order valence-corrected chi connectivity index (χ4v) is 4.09. The van der Waals surface area contributed by atoms with Crippen LogP contribution in [0, 0.1) is 17.0 Å². The Morgan fingerprint density at radius 3 is 2.54 bits per heavy atom. The standard InChI is InChI=1S/C27H25BrN4O5/c1-4-25-30-22-11-10-20(28)14-21(22)27(33)31(25)29-15-19-12-23(32(34)35)26(24(13-19)36-5-2)37-16-18-8-6-17(3)7-9-18/h6-15H,4-5,16H2,1-3H3. The molecule has 4 rings (SSSR count). The first-order chi connectivity index (χ1) is 17.8. The van der Waals surface area contributed by atoms with Crippen LogP contribution in [0.5, 0.6) is 11.5 Å². The lowest BCUT2D eigenvalue weighted by atomic mass is 10.1. The van der Waals surface area contributed by atoms with Gasteiger partial charge in [0.05, 0.1) is 28.6 Å². The molecule has 0 unspecified atom stereocenters. The molecule has 0 N–H and O–H groups in total. The van der Waals surface area contributed by atoms with Gasteiger partial charge in [0.25, 0.3) is 5.56 Å². The average molecular weight is 565 g/mol. The van der Waals surface area contributed by atoms with E-state index in [1.54, 1.807) is 25.1 Å². The smallest absolute Gasteiger partial charge is 0.315 e. The SMILES string of the molecule is CCOc1cc(C=Nn2c(CC)nc3ccc(Br)cc3c2=O)cc([N+](=O)[O-])c1OCc1ccc(C)cc1. The minimum absolute atomic E-state index is 0.0354. The van der Waals surface area contributed by atoms with Crippen molar-refractivity contribution in [3.63, 3.8) is 0 Å². The largest absolute Gasteiger partial charge is 0.490 e. The highest BCUT2D eigenvalue weighted by molar-refractivity contribution is 9.10. The third-order valence-electron chi connectivity index (χ3n) is 5.57. The van der Waals surface area contributed by atoms with Gasteiger partial charge in [-0.3, -0.25) is 14.9 Å². The minimum atomic E-state index is -0.525. The molecule has 9 nitrogen and oxygen atoms in total. The van der Waals surface area contributed by atoms with Crippen molar-refractivity contribution in [3.8, 4) is 11.5 Å². The van der Waals surface area contributed by atoms with E-state index in [1.165, 1.54) is 17.0 Å². The molecule has 0 aliphatic rings. The molecule has 0 spiro atoms. The van der Waals surface area contributed by atoms with E-state index in [1.807, 2.05) is 44.2 Å². The monoisotopic (exact) mass is 564 g/mol. The summed E-state index contributed by atoms with van der Waals surface area (Å²) in [4.78, 5) is 29.1. The van der Waals surface area contributed by atoms with Gasteiger partial charge in [-0.05, 0) is 43.7 Å². The Bertz CT molecular complexity index is 1550. The normalized spacial score (nSPS) is 11.2. The first-order valence-electron chi connectivity index (χ1n) is 11.7. The van der Waals surface area contributed by atoms with Gasteiger partial charge in [0, 0.05) is 22.5 Å². The Balaban J connectivity index is 1.74. The third-order valence-corrected chi connectivity index (χ3v) is 6.07. The fraction of sp³-hybridized carbons (Fsp3) is 0.222. The number of benzene rings is 3. The second-order valence-corrected chi connectivity index (χ2v) is 9.15. The van der Waals surface area contributed by atoms with Crippen LogP contribution in [0.3, 0.4) is 0 Å². The van der Waals surface area contributed by atoms with Crippen LogP contribution in [-0.2, 0) is 13.0 Å². The van der Waals surface area contributed by atoms with Crippen LogP contribution >= 0.6 is 15.9 Å². The van der Waals surface area contributed by atoms with Gasteiger partial charge in [0.15, 0.2) is 5.75 Å². The van der Waals surface area contributed by atoms with Gasteiger partial charge in [-0.2, -0.15) is 9.78 Å². The number of fused-ring (bicyclic) bond motifs is 1. The van der Waals surface area contributed by atoms with Crippen molar-refractivity contribution in [2.45, 2.75) is 33.8 Å². The zero-order valence-corrected chi connectivity index (χ0v) is 22.2. The molecule has 0 aliphatic heterocycles. The van der Waals surface area contributed by atoms with E-state index < -0.39 is 4.92 Å². The van der Waals surface area contributed by atoms with E-state index in [-0.39, 0.29) is 36.0 Å². The second-order valence-electron chi connectivity index (χ2n) is 8.24. The highest BCUT2D eigenvalue weighted by atomic mass is 79.9. The lowest BCUT2D eigenvalue weighted by Gasteiger charge is -2.13. The molecular formula is C27H25BrN4O5. The molecule has 1 aromatic heterocycles. The molecule has 3 aromatic carbocycles. The van der Waals surface area contributed by atoms with E-state index in [0.29, 0.717) is 28.7 Å². The quantitative estimate of drug-likeness (QED) is 0.144. The van der Waals surface area contributed by atoms with Crippen molar-refractivity contribution in [2.24, 2.45) is 5.10 Å². The Kier molecular flexibility index (Phi) is 7.98. The van der Waals surface area contributed by atoms with Crippen molar-refractivity contribution < 1.29 is 14.4 Å². The maximum absolute atomic E-state index is 13.2. The molecule has 0 aliphatic carbocycles. The van der Waals surface area contributed by atoms with E-state index in [4.69, 9.17) is 9.47 Å². The predicted molar refractivity (Wildman–Crippen MR) is 146 cm³/mol. The Labute approximate surface area is 221 Å². The van der Waals surface area contributed by atoms with Crippen LogP contribution in [0.25, 0.3) is 10.9 Å². The van der Waals surface area contributed by atoms with E-state index >= 15 is 0 Å². The molecule has 1 heterocycles. The molecule has 4 aromatic rings. The highest BCUT2D eigenvalue weighted by Crippen LogP contribution is 2.39. The molecule has 0 bridgehead atoms. The summed E-state index contributed by atoms with van der Waals surface area (Å²) < 4.78 is 13.5. The Morgan fingerprint density at radius 2 is 1.86 bits per heavy atom. The van der Waals surface area contributed by atoms with Gasteiger partial charge >= 0.3 is 5.69 Å². The first-order valence-corrected chi connectivity index (χ1v) is 12.5. The number of hydrogen-bond acceptors (Lipinski definition) is 7. The number of aryl methyl sites for hydroxylation is 2. The average Bonchev–Trinajstić information content (AvgIpc) is 2.88. The minimum Gasteiger partial charge on any atom is -0.490 e. The molecule has 0 radical (unpaired) electrons. The van der Waals surface area contributed by atoms with Crippen LogP contribution in [0.1, 0.15) is 36.4 Å². The van der Waals surface area contributed by atoms with Gasteiger partial charge in [0.2, 0.25) is 5.75 Å². The van der Waals surface area contributed by atoms with Crippen LogP contribution in [0.4, 0.5) is 5.69 Å². The number of nitro benzene ring substituents is 1.